The van der Waals surface area contributed by atoms with Crippen LogP contribution in [0.2, 0.25) is 0 Å². The standard InChI is InChI=1S/C17H19NO3/c1-3-16(17(19)20)18(2)13-9-11-15(12-10-13)21-14-7-5-4-6-8-14/h4-12,16H,3H2,1-2H3,(H,19,20)/t16-/m0/s1. The molecule has 110 valence electrons. The molecule has 0 spiro atoms. The van der Waals surface area contributed by atoms with Gasteiger partial charge in [0.05, 0.1) is 0 Å². The molecule has 0 aliphatic rings. The fraction of sp³-hybridized carbons (Fsp3) is 0.235. The molecule has 0 radical (unpaired) electrons. The second-order valence-corrected chi connectivity index (χ2v) is 4.78. The van der Waals surface area contributed by atoms with Gasteiger partial charge in [0.1, 0.15) is 17.5 Å². The van der Waals surface area contributed by atoms with Crippen LogP contribution in [0.1, 0.15) is 13.3 Å². The molecule has 0 fully saturated rings. The smallest absolute Gasteiger partial charge is 0.326 e. The number of likely N-dealkylation sites (N-methyl/N-ethyl adjacent to an activating group) is 1. The van der Waals surface area contributed by atoms with Gasteiger partial charge in [-0.25, -0.2) is 4.79 Å². The Balaban J connectivity index is 2.10. The van der Waals surface area contributed by atoms with Gasteiger partial charge in [-0.2, -0.15) is 0 Å². The van der Waals surface area contributed by atoms with E-state index in [2.05, 4.69) is 0 Å². The summed E-state index contributed by atoms with van der Waals surface area (Å²) < 4.78 is 5.71. The zero-order valence-corrected chi connectivity index (χ0v) is 12.2. The van der Waals surface area contributed by atoms with Gasteiger partial charge >= 0.3 is 5.97 Å². The molecule has 4 heteroatoms. The fourth-order valence-electron chi connectivity index (χ4n) is 2.17. The number of hydrogen-bond acceptors (Lipinski definition) is 3. The molecule has 0 unspecified atom stereocenters. The van der Waals surface area contributed by atoms with Crippen LogP contribution in [0, 0.1) is 0 Å². The molecule has 0 aliphatic carbocycles. The van der Waals surface area contributed by atoms with E-state index in [1.54, 1.807) is 11.9 Å². The molecular weight excluding hydrogens is 266 g/mol. The molecule has 1 atom stereocenters. The Hall–Kier alpha value is -2.49. The maximum atomic E-state index is 11.2. The molecule has 2 aromatic rings. The van der Waals surface area contributed by atoms with Gasteiger partial charge in [0.2, 0.25) is 0 Å². The molecule has 4 nitrogen and oxygen atoms in total. The Labute approximate surface area is 124 Å². The lowest BCUT2D eigenvalue weighted by molar-refractivity contribution is -0.138. The van der Waals surface area contributed by atoms with Crippen LogP contribution >= 0.6 is 0 Å². The first-order valence-electron chi connectivity index (χ1n) is 6.90. The van der Waals surface area contributed by atoms with E-state index in [4.69, 9.17) is 4.74 Å². The first-order valence-corrected chi connectivity index (χ1v) is 6.90. The van der Waals surface area contributed by atoms with E-state index in [1.165, 1.54) is 0 Å². The van der Waals surface area contributed by atoms with E-state index in [0.717, 1.165) is 17.2 Å². The highest BCUT2D eigenvalue weighted by Gasteiger charge is 2.20. The Kier molecular flexibility index (Phi) is 4.82. The monoisotopic (exact) mass is 285 g/mol. The maximum absolute atomic E-state index is 11.2. The van der Waals surface area contributed by atoms with Crippen molar-refractivity contribution in [2.45, 2.75) is 19.4 Å². The van der Waals surface area contributed by atoms with Crippen LogP contribution in [0.4, 0.5) is 5.69 Å². The van der Waals surface area contributed by atoms with Crippen molar-refractivity contribution >= 4 is 11.7 Å². The van der Waals surface area contributed by atoms with Gasteiger partial charge in [-0.15, -0.1) is 0 Å². The van der Waals surface area contributed by atoms with E-state index in [9.17, 15) is 9.90 Å². The van der Waals surface area contributed by atoms with Crippen LogP contribution < -0.4 is 9.64 Å². The van der Waals surface area contributed by atoms with Gasteiger partial charge in [-0.1, -0.05) is 25.1 Å². The predicted octanol–water partition coefficient (Wildman–Crippen LogP) is 3.78. The fourth-order valence-corrected chi connectivity index (χ4v) is 2.17. The maximum Gasteiger partial charge on any atom is 0.326 e. The van der Waals surface area contributed by atoms with Crippen molar-refractivity contribution in [1.82, 2.24) is 0 Å². The molecule has 21 heavy (non-hydrogen) atoms. The molecule has 2 aromatic carbocycles. The van der Waals surface area contributed by atoms with Gasteiger partial charge in [0.25, 0.3) is 0 Å². The quantitative estimate of drug-likeness (QED) is 0.877. The molecule has 1 N–H and O–H groups in total. The number of benzene rings is 2. The number of para-hydroxylation sites is 1. The van der Waals surface area contributed by atoms with E-state index >= 15 is 0 Å². The number of anilines is 1. The number of hydrogen-bond donors (Lipinski definition) is 1. The molecule has 0 aliphatic heterocycles. The number of ether oxygens (including phenoxy) is 1. The van der Waals surface area contributed by atoms with Gasteiger partial charge in [0.15, 0.2) is 0 Å². The number of nitrogens with zero attached hydrogens (tertiary/aromatic N) is 1. The SMILES string of the molecule is CC[C@@H](C(=O)O)N(C)c1ccc(Oc2ccccc2)cc1. The summed E-state index contributed by atoms with van der Waals surface area (Å²) in [6, 6.07) is 16.4. The lowest BCUT2D eigenvalue weighted by Gasteiger charge is -2.25. The molecule has 0 heterocycles. The third-order valence-electron chi connectivity index (χ3n) is 3.36. The second kappa shape index (κ2) is 6.79. The van der Waals surface area contributed by atoms with E-state index in [1.807, 2.05) is 61.5 Å². The summed E-state index contributed by atoms with van der Waals surface area (Å²) in [6.07, 6.45) is 0.550. The van der Waals surface area contributed by atoms with Crippen molar-refractivity contribution in [2.24, 2.45) is 0 Å². The first kappa shape index (κ1) is 14.9. The summed E-state index contributed by atoms with van der Waals surface area (Å²) >= 11 is 0. The third kappa shape index (κ3) is 3.75. The van der Waals surface area contributed by atoms with Crippen molar-refractivity contribution in [3.8, 4) is 11.5 Å². The Morgan fingerprint density at radius 3 is 2.19 bits per heavy atom. The molecular formula is C17H19NO3. The highest BCUT2D eigenvalue weighted by Crippen LogP contribution is 2.25. The van der Waals surface area contributed by atoms with Crippen LogP contribution in [0.5, 0.6) is 11.5 Å². The Morgan fingerprint density at radius 1 is 1.10 bits per heavy atom. The van der Waals surface area contributed by atoms with Crippen molar-refractivity contribution in [2.75, 3.05) is 11.9 Å². The van der Waals surface area contributed by atoms with E-state index in [-0.39, 0.29) is 0 Å². The average molecular weight is 285 g/mol. The lowest BCUT2D eigenvalue weighted by atomic mass is 10.1. The average Bonchev–Trinajstić information content (AvgIpc) is 2.49. The lowest BCUT2D eigenvalue weighted by Crippen LogP contribution is -2.37. The van der Waals surface area contributed by atoms with Crippen molar-refractivity contribution in [3.05, 3.63) is 54.6 Å². The first-order chi connectivity index (χ1) is 10.1. The molecule has 0 saturated carbocycles. The third-order valence-corrected chi connectivity index (χ3v) is 3.36. The van der Waals surface area contributed by atoms with E-state index in [0.29, 0.717) is 6.42 Å². The van der Waals surface area contributed by atoms with Crippen molar-refractivity contribution in [3.63, 3.8) is 0 Å². The number of aliphatic carboxylic acids is 1. The largest absolute Gasteiger partial charge is 0.480 e. The summed E-state index contributed by atoms with van der Waals surface area (Å²) in [4.78, 5) is 12.9. The minimum Gasteiger partial charge on any atom is -0.480 e. The highest BCUT2D eigenvalue weighted by atomic mass is 16.5. The number of rotatable bonds is 6. The van der Waals surface area contributed by atoms with Gasteiger partial charge < -0.3 is 14.7 Å². The van der Waals surface area contributed by atoms with Crippen LogP contribution in [-0.4, -0.2) is 24.2 Å². The Morgan fingerprint density at radius 2 is 1.67 bits per heavy atom. The van der Waals surface area contributed by atoms with Crippen LogP contribution in [0.3, 0.4) is 0 Å². The minimum atomic E-state index is -0.815. The summed E-state index contributed by atoms with van der Waals surface area (Å²) in [7, 11) is 1.79. The second-order valence-electron chi connectivity index (χ2n) is 4.78. The number of carboxylic acids is 1. The number of carboxylic acid groups (broad SMARTS) is 1. The summed E-state index contributed by atoms with van der Waals surface area (Å²) in [5.74, 6) is 0.682. The normalized spacial score (nSPS) is 11.7. The zero-order chi connectivity index (χ0) is 15.2. The highest BCUT2D eigenvalue weighted by molar-refractivity contribution is 5.78. The van der Waals surface area contributed by atoms with Gasteiger partial charge in [-0.3, -0.25) is 0 Å². The molecule has 0 bridgehead atoms. The Bertz CT molecular complexity index is 581. The number of carbonyl (C=O) groups is 1. The van der Waals surface area contributed by atoms with Crippen molar-refractivity contribution in [1.29, 1.82) is 0 Å². The minimum absolute atomic E-state index is 0.522. The summed E-state index contributed by atoms with van der Waals surface area (Å²) in [5.41, 5.74) is 0.852. The van der Waals surface area contributed by atoms with Crippen LogP contribution in [0.25, 0.3) is 0 Å². The van der Waals surface area contributed by atoms with Crippen LogP contribution in [0.15, 0.2) is 54.6 Å². The van der Waals surface area contributed by atoms with E-state index < -0.39 is 12.0 Å². The summed E-state index contributed by atoms with van der Waals surface area (Å²) in [6.45, 7) is 1.86. The van der Waals surface area contributed by atoms with Gasteiger partial charge in [0, 0.05) is 12.7 Å². The van der Waals surface area contributed by atoms with Gasteiger partial charge in [-0.05, 0) is 42.8 Å². The molecule has 0 aromatic heterocycles. The van der Waals surface area contributed by atoms with Crippen molar-refractivity contribution < 1.29 is 14.6 Å². The zero-order valence-electron chi connectivity index (χ0n) is 12.2. The molecule has 0 saturated heterocycles. The topological polar surface area (TPSA) is 49.8 Å². The predicted molar refractivity (Wildman–Crippen MR) is 83.1 cm³/mol. The molecule has 2 rings (SSSR count). The van der Waals surface area contributed by atoms with Crippen LogP contribution in [-0.2, 0) is 4.79 Å². The molecule has 0 amide bonds. The summed E-state index contributed by atoms with van der Waals surface area (Å²) in [5, 5.41) is 9.19.